The van der Waals surface area contributed by atoms with Crippen LogP contribution in [0.25, 0.3) is 0 Å². The number of benzene rings is 1. The molecule has 0 aliphatic heterocycles. The largest absolute Gasteiger partial charge is 0.465 e. The second-order valence-electron chi connectivity index (χ2n) is 3.66. The van der Waals surface area contributed by atoms with E-state index in [4.69, 9.17) is 10.5 Å². The number of methoxy groups -OCH3 is 1. The molecule has 0 fully saturated rings. The van der Waals surface area contributed by atoms with Crippen molar-refractivity contribution in [3.63, 3.8) is 0 Å². The average Bonchev–Trinajstić information content (AvgIpc) is 2.40. The number of esters is 1. The zero-order chi connectivity index (χ0) is 13.8. The third kappa shape index (κ3) is 3.23. The van der Waals surface area contributed by atoms with Crippen LogP contribution in [0.1, 0.15) is 10.4 Å². The van der Waals surface area contributed by atoms with Crippen molar-refractivity contribution in [2.24, 2.45) is 0 Å². The molecule has 98 valence electrons. The molecule has 1 heterocycles. The van der Waals surface area contributed by atoms with Crippen LogP contribution in [0.3, 0.4) is 0 Å². The van der Waals surface area contributed by atoms with Gasteiger partial charge in [-0.2, -0.15) is 0 Å². The predicted molar refractivity (Wildman–Crippen MR) is 74.2 cm³/mol. The van der Waals surface area contributed by atoms with Crippen molar-refractivity contribution in [2.75, 3.05) is 12.8 Å². The number of anilines is 1. The van der Waals surface area contributed by atoms with Crippen molar-refractivity contribution in [3.05, 3.63) is 46.6 Å². The molecule has 0 amide bonds. The van der Waals surface area contributed by atoms with Crippen LogP contribution >= 0.6 is 15.9 Å². The lowest BCUT2D eigenvalue weighted by Gasteiger charge is -2.10. The van der Waals surface area contributed by atoms with Crippen molar-refractivity contribution in [1.29, 1.82) is 0 Å². The van der Waals surface area contributed by atoms with Crippen molar-refractivity contribution in [3.8, 4) is 11.5 Å². The maximum atomic E-state index is 11.6. The van der Waals surface area contributed by atoms with Gasteiger partial charge in [-0.15, -0.1) is 0 Å². The van der Waals surface area contributed by atoms with Crippen LogP contribution in [-0.2, 0) is 4.74 Å². The number of aromatic nitrogens is 1. The number of hydrogen-bond acceptors (Lipinski definition) is 5. The Labute approximate surface area is 118 Å². The summed E-state index contributed by atoms with van der Waals surface area (Å²) in [6, 6.07) is 8.65. The molecule has 0 aliphatic rings. The average molecular weight is 323 g/mol. The van der Waals surface area contributed by atoms with Gasteiger partial charge in [0.05, 0.1) is 13.3 Å². The SMILES string of the molecule is COC(=O)c1cc(N)ncc1Oc1cccc(Br)c1. The molecule has 0 saturated heterocycles. The number of carbonyl (C=O) groups excluding carboxylic acids is 1. The van der Waals surface area contributed by atoms with Gasteiger partial charge in [-0.25, -0.2) is 9.78 Å². The Morgan fingerprint density at radius 3 is 2.84 bits per heavy atom. The molecule has 19 heavy (non-hydrogen) atoms. The first kappa shape index (κ1) is 13.4. The molecule has 2 rings (SSSR count). The minimum atomic E-state index is -0.529. The molecule has 0 radical (unpaired) electrons. The van der Waals surface area contributed by atoms with Crippen molar-refractivity contribution >= 4 is 27.7 Å². The molecule has 5 nitrogen and oxygen atoms in total. The lowest BCUT2D eigenvalue weighted by atomic mass is 10.2. The van der Waals surface area contributed by atoms with E-state index in [-0.39, 0.29) is 11.4 Å². The summed E-state index contributed by atoms with van der Waals surface area (Å²) in [5, 5.41) is 0. The summed E-state index contributed by atoms with van der Waals surface area (Å²) in [6.45, 7) is 0. The van der Waals surface area contributed by atoms with Gasteiger partial charge in [0.1, 0.15) is 17.1 Å². The van der Waals surface area contributed by atoms with Gasteiger partial charge in [-0.1, -0.05) is 22.0 Å². The zero-order valence-electron chi connectivity index (χ0n) is 10.1. The lowest BCUT2D eigenvalue weighted by molar-refractivity contribution is 0.0598. The number of halogens is 1. The standard InChI is InChI=1S/C13H11BrN2O3/c1-18-13(17)10-6-12(15)16-7-11(10)19-9-4-2-3-8(14)5-9/h2-7H,1H3,(H2,15,16). The van der Waals surface area contributed by atoms with E-state index in [1.165, 1.54) is 19.4 Å². The molecule has 1 aromatic carbocycles. The summed E-state index contributed by atoms with van der Waals surface area (Å²) in [6.07, 6.45) is 1.39. The van der Waals surface area contributed by atoms with E-state index in [0.29, 0.717) is 11.5 Å². The third-order valence-corrected chi connectivity index (χ3v) is 2.81. The van der Waals surface area contributed by atoms with E-state index >= 15 is 0 Å². The highest BCUT2D eigenvalue weighted by molar-refractivity contribution is 9.10. The fraction of sp³-hybridized carbons (Fsp3) is 0.0769. The van der Waals surface area contributed by atoms with Crippen LogP contribution in [0, 0.1) is 0 Å². The molecule has 0 saturated carbocycles. The summed E-state index contributed by atoms with van der Waals surface area (Å²) in [7, 11) is 1.29. The highest BCUT2D eigenvalue weighted by Crippen LogP contribution is 2.28. The van der Waals surface area contributed by atoms with E-state index in [2.05, 4.69) is 25.7 Å². The van der Waals surface area contributed by atoms with Gasteiger partial charge in [0.15, 0.2) is 5.75 Å². The smallest absolute Gasteiger partial charge is 0.341 e. The number of nitrogen functional groups attached to an aromatic ring is 1. The molecule has 0 spiro atoms. The summed E-state index contributed by atoms with van der Waals surface area (Å²) in [4.78, 5) is 15.6. The van der Waals surface area contributed by atoms with Crippen molar-refractivity contribution < 1.29 is 14.3 Å². The second-order valence-corrected chi connectivity index (χ2v) is 4.57. The van der Waals surface area contributed by atoms with Crippen LogP contribution in [0.2, 0.25) is 0 Å². The molecule has 0 aliphatic carbocycles. The van der Waals surface area contributed by atoms with Crippen molar-refractivity contribution in [1.82, 2.24) is 4.98 Å². The van der Waals surface area contributed by atoms with E-state index in [1.807, 2.05) is 12.1 Å². The summed E-state index contributed by atoms with van der Waals surface area (Å²) in [5.74, 6) is 0.561. The van der Waals surface area contributed by atoms with Crippen LogP contribution < -0.4 is 10.5 Å². The fourth-order valence-electron chi connectivity index (χ4n) is 1.47. The Morgan fingerprint density at radius 2 is 2.16 bits per heavy atom. The lowest BCUT2D eigenvalue weighted by Crippen LogP contribution is -2.05. The molecule has 0 atom stereocenters. The quantitative estimate of drug-likeness (QED) is 0.879. The second kappa shape index (κ2) is 5.71. The molecule has 6 heteroatoms. The molecular formula is C13H11BrN2O3. The first-order valence-corrected chi connectivity index (χ1v) is 6.16. The zero-order valence-corrected chi connectivity index (χ0v) is 11.7. The number of carbonyl (C=O) groups is 1. The van der Waals surface area contributed by atoms with E-state index in [0.717, 1.165) is 4.47 Å². The number of nitrogens with zero attached hydrogens (tertiary/aromatic N) is 1. The third-order valence-electron chi connectivity index (χ3n) is 2.32. The Morgan fingerprint density at radius 1 is 1.37 bits per heavy atom. The van der Waals surface area contributed by atoms with Gasteiger partial charge < -0.3 is 15.2 Å². The number of ether oxygens (including phenoxy) is 2. The fourth-order valence-corrected chi connectivity index (χ4v) is 1.85. The number of nitrogens with two attached hydrogens (primary N) is 1. The minimum absolute atomic E-state index is 0.224. The van der Waals surface area contributed by atoms with Crippen LogP contribution in [0.4, 0.5) is 5.82 Å². The van der Waals surface area contributed by atoms with Gasteiger partial charge in [-0.05, 0) is 24.3 Å². The number of hydrogen-bond donors (Lipinski definition) is 1. The monoisotopic (exact) mass is 322 g/mol. The molecular weight excluding hydrogens is 312 g/mol. The molecule has 2 aromatic rings. The number of pyridine rings is 1. The van der Waals surface area contributed by atoms with Gasteiger partial charge >= 0.3 is 5.97 Å². The van der Waals surface area contributed by atoms with Crippen molar-refractivity contribution in [2.45, 2.75) is 0 Å². The highest BCUT2D eigenvalue weighted by Gasteiger charge is 2.15. The molecule has 2 N–H and O–H groups in total. The first-order valence-electron chi connectivity index (χ1n) is 5.37. The predicted octanol–water partition coefficient (Wildman–Crippen LogP) is 3.01. The number of rotatable bonds is 3. The van der Waals surface area contributed by atoms with E-state index in [9.17, 15) is 4.79 Å². The summed E-state index contributed by atoms with van der Waals surface area (Å²) < 4.78 is 11.2. The van der Waals surface area contributed by atoms with Crippen LogP contribution in [0.15, 0.2) is 41.0 Å². The van der Waals surface area contributed by atoms with Crippen LogP contribution in [-0.4, -0.2) is 18.1 Å². The van der Waals surface area contributed by atoms with Gasteiger partial charge in [0.25, 0.3) is 0 Å². The maximum absolute atomic E-state index is 11.6. The molecule has 1 aromatic heterocycles. The topological polar surface area (TPSA) is 74.4 Å². The first-order chi connectivity index (χ1) is 9.10. The molecule has 0 unspecified atom stereocenters. The van der Waals surface area contributed by atoms with Gasteiger partial charge in [-0.3, -0.25) is 0 Å². The Hall–Kier alpha value is -2.08. The van der Waals surface area contributed by atoms with E-state index < -0.39 is 5.97 Å². The summed E-state index contributed by atoms with van der Waals surface area (Å²) >= 11 is 3.34. The van der Waals surface area contributed by atoms with E-state index in [1.54, 1.807) is 12.1 Å². The molecule has 0 bridgehead atoms. The highest BCUT2D eigenvalue weighted by atomic mass is 79.9. The van der Waals surface area contributed by atoms with Gasteiger partial charge in [0.2, 0.25) is 0 Å². The Kier molecular flexibility index (Phi) is 4.01. The Balaban J connectivity index is 2.37. The minimum Gasteiger partial charge on any atom is -0.465 e. The van der Waals surface area contributed by atoms with Crippen LogP contribution in [0.5, 0.6) is 11.5 Å². The summed E-state index contributed by atoms with van der Waals surface area (Å²) in [5.41, 5.74) is 5.79. The normalized spacial score (nSPS) is 10.0. The Bertz CT molecular complexity index is 617. The van der Waals surface area contributed by atoms with Gasteiger partial charge in [0, 0.05) is 4.47 Å². The maximum Gasteiger partial charge on any atom is 0.341 e.